The lowest BCUT2D eigenvalue weighted by Gasteiger charge is -2.19. The van der Waals surface area contributed by atoms with Crippen LogP contribution in [0.1, 0.15) is 61.5 Å². The molecular formula is C33H34N6O3S2. The normalized spacial score (nSPS) is 11.4. The fourth-order valence-corrected chi connectivity index (χ4v) is 5.73. The highest BCUT2D eigenvalue weighted by Gasteiger charge is 2.17. The van der Waals surface area contributed by atoms with Gasteiger partial charge in [-0.05, 0) is 92.7 Å². The van der Waals surface area contributed by atoms with E-state index in [1.807, 2.05) is 92.9 Å². The van der Waals surface area contributed by atoms with Crippen LogP contribution in [0.2, 0.25) is 0 Å². The summed E-state index contributed by atoms with van der Waals surface area (Å²) in [4.78, 5) is 41.8. The first-order chi connectivity index (χ1) is 21.0. The summed E-state index contributed by atoms with van der Waals surface area (Å²) >= 11 is 3.12. The molecule has 0 fully saturated rings. The van der Waals surface area contributed by atoms with Crippen molar-refractivity contribution < 1.29 is 14.3 Å². The van der Waals surface area contributed by atoms with Crippen LogP contribution in [-0.4, -0.2) is 32.6 Å². The Morgan fingerprint density at radius 3 is 2.50 bits per heavy atom. The maximum Gasteiger partial charge on any atom is 0.412 e. The van der Waals surface area contributed by atoms with Gasteiger partial charge < -0.3 is 15.4 Å². The van der Waals surface area contributed by atoms with E-state index < -0.39 is 11.7 Å². The summed E-state index contributed by atoms with van der Waals surface area (Å²) in [5, 5.41) is 12.0. The number of benzene rings is 2. The minimum absolute atomic E-state index is 0.175. The summed E-state index contributed by atoms with van der Waals surface area (Å²) in [6.45, 7) is 10.1. The number of hydrogen-bond acceptors (Lipinski definition) is 9. The molecule has 3 heterocycles. The second kappa shape index (κ2) is 13.4. The van der Waals surface area contributed by atoms with Gasteiger partial charge in [0.25, 0.3) is 5.91 Å². The van der Waals surface area contributed by atoms with Crippen molar-refractivity contribution in [1.29, 1.82) is 0 Å². The lowest BCUT2D eigenvalue weighted by atomic mass is 10.1. The second-order valence-electron chi connectivity index (χ2n) is 11.3. The largest absolute Gasteiger partial charge is 0.444 e. The number of carbonyl (C=O) groups is 2. The number of nitrogens with one attached hydrogen (secondary N) is 3. The van der Waals surface area contributed by atoms with E-state index in [0.29, 0.717) is 34.9 Å². The van der Waals surface area contributed by atoms with Gasteiger partial charge in [0.05, 0.1) is 17.6 Å². The first kappa shape index (κ1) is 31.0. The van der Waals surface area contributed by atoms with Crippen molar-refractivity contribution in [3.05, 3.63) is 94.6 Å². The lowest BCUT2D eigenvalue weighted by Crippen LogP contribution is -2.27. The van der Waals surface area contributed by atoms with Crippen molar-refractivity contribution in [2.75, 3.05) is 10.6 Å². The number of pyridine rings is 1. The predicted molar refractivity (Wildman–Crippen MR) is 177 cm³/mol. The zero-order chi connectivity index (χ0) is 31.3. The first-order valence-corrected chi connectivity index (χ1v) is 15.8. The number of nitrogens with zero attached hydrogens (tertiary/aromatic N) is 3. The Morgan fingerprint density at radius 1 is 1.00 bits per heavy atom. The van der Waals surface area contributed by atoms with Crippen LogP contribution in [0.4, 0.5) is 22.0 Å². The summed E-state index contributed by atoms with van der Waals surface area (Å²) in [7, 11) is 0. The standard InChI is InChI=1S/C33H34N6O3S2/c1-20(2)26-14-13-25-29(38-26)35-19-36-30(25)39-27-17-21(31(40)34-18-24-7-6-16-43-24)8-15-28(27)44-23-11-9-22(10-12-23)37-32(41)42-33(3,4)5/h6-17,19-20H,18H2,1-5H3,(H,34,40)(H,37,41)(H,35,36,38,39). The third kappa shape index (κ3) is 8.12. The molecule has 0 radical (unpaired) electrons. The number of amides is 2. The Labute approximate surface area is 264 Å². The van der Waals surface area contributed by atoms with Crippen molar-refractivity contribution in [3.8, 4) is 0 Å². The van der Waals surface area contributed by atoms with Crippen molar-refractivity contribution in [2.45, 2.75) is 62.5 Å². The van der Waals surface area contributed by atoms with Gasteiger partial charge in [-0.2, -0.15) is 0 Å². The minimum Gasteiger partial charge on any atom is -0.444 e. The molecule has 2 amide bonds. The second-order valence-corrected chi connectivity index (χ2v) is 13.5. The quantitative estimate of drug-likeness (QED) is 0.149. The van der Waals surface area contributed by atoms with Crippen molar-refractivity contribution in [2.24, 2.45) is 0 Å². The van der Waals surface area contributed by atoms with E-state index in [-0.39, 0.29) is 11.8 Å². The molecule has 2 aromatic carbocycles. The molecule has 3 aromatic heterocycles. The average Bonchev–Trinajstić information content (AvgIpc) is 3.50. The van der Waals surface area contributed by atoms with Crippen molar-refractivity contribution in [3.63, 3.8) is 0 Å². The molecule has 226 valence electrons. The van der Waals surface area contributed by atoms with Gasteiger partial charge in [-0.25, -0.2) is 19.7 Å². The molecule has 0 aliphatic heterocycles. The van der Waals surface area contributed by atoms with Gasteiger partial charge in [0, 0.05) is 31.6 Å². The van der Waals surface area contributed by atoms with Gasteiger partial charge in [0.15, 0.2) is 5.65 Å². The van der Waals surface area contributed by atoms with E-state index in [9.17, 15) is 9.59 Å². The molecule has 0 unspecified atom stereocenters. The molecule has 5 aromatic rings. The smallest absolute Gasteiger partial charge is 0.412 e. The predicted octanol–water partition coefficient (Wildman–Crippen LogP) is 8.38. The van der Waals surface area contributed by atoms with Crippen molar-refractivity contribution in [1.82, 2.24) is 20.3 Å². The van der Waals surface area contributed by atoms with Gasteiger partial charge in [0.1, 0.15) is 17.7 Å². The first-order valence-electron chi connectivity index (χ1n) is 14.2. The Hall–Kier alpha value is -4.48. The third-order valence-electron chi connectivity index (χ3n) is 6.34. The molecule has 0 saturated heterocycles. The van der Waals surface area contributed by atoms with E-state index in [1.54, 1.807) is 11.3 Å². The summed E-state index contributed by atoms with van der Waals surface area (Å²) in [5.74, 6) is 0.683. The number of rotatable bonds is 9. The van der Waals surface area contributed by atoms with E-state index in [2.05, 4.69) is 39.8 Å². The Bertz CT molecular complexity index is 1770. The molecule has 9 nitrogen and oxygen atoms in total. The maximum absolute atomic E-state index is 13.1. The van der Waals surface area contributed by atoms with Crippen LogP contribution in [0.5, 0.6) is 0 Å². The zero-order valence-electron chi connectivity index (χ0n) is 25.2. The molecule has 0 saturated carbocycles. The number of carbonyl (C=O) groups excluding carboxylic acids is 2. The van der Waals surface area contributed by atoms with Crippen molar-refractivity contribution >= 4 is 63.3 Å². The molecule has 0 aliphatic carbocycles. The van der Waals surface area contributed by atoms with Crippen LogP contribution in [-0.2, 0) is 11.3 Å². The van der Waals surface area contributed by atoms with Crippen LogP contribution in [0.15, 0.2) is 88.2 Å². The van der Waals surface area contributed by atoms with Gasteiger partial charge in [-0.15, -0.1) is 11.3 Å². The average molecular weight is 627 g/mol. The topological polar surface area (TPSA) is 118 Å². The lowest BCUT2D eigenvalue weighted by molar-refractivity contribution is 0.0635. The molecular weight excluding hydrogens is 593 g/mol. The highest BCUT2D eigenvalue weighted by Crippen LogP contribution is 2.37. The van der Waals surface area contributed by atoms with Gasteiger partial charge in [-0.1, -0.05) is 31.7 Å². The SMILES string of the molecule is CC(C)c1ccc2c(Nc3cc(C(=O)NCc4cccs4)ccc3Sc3ccc(NC(=O)OC(C)(C)C)cc3)ncnc2n1. The monoisotopic (exact) mass is 626 g/mol. The van der Waals surface area contributed by atoms with Crippen LogP contribution in [0.3, 0.4) is 0 Å². The highest BCUT2D eigenvalue weighted by atomic mass is 32.2. The number of thiophene rings is 1. The minimum atomic E-state index is -0.585. The Kier molecular flexibility index (Phi) is 9.46. The molecule has 0 aliphatic rings. The van der Waals surface area contributed by atoms with E-state index in [1.165, 1.54) is 18.1 Å². The third-order valence-corrected chi connectivity index (χ3v) is 8.30. The van der Waals surface area contributed by atoms with Crippen LogP contribution >= 0.6 is 23.1 Å². The Morgan fingerprint density at radius 2 is 1.80 bits per heavy atom. The number of hydrogen-bond donors (Lipinski definition) is 3. The summed E-state index contributed by atoms with van der Waals surface area (Å²) in [6, 6.07) is 20.9. The number of anilines is 3. The molecule has 0 atom stereocenters. The van der Waals surface area contributed by atoms with Gasteiger partial charge in [0.2, 0.25) is 0 Å². The molecule has 5 rings (SSSR count). The molecule has 44 heavy (non-hydrogen) atoms. The fraction of sp³-hybridized carbons (Fsp3) is 0.242. The van der Waals surface area contributed by atoms with Gasteiger partial charge in [-0.3, -0.25) is 10.1 Å². The maximum atomic E-state index is 13.1. The zero-order valence-corrected chi connectivity index (χ0v) is 26.8. The molecule has 0 bridgehead atoms. The number of fused-ring (bicyclic) bond motifs is 1. The molecule has 0 spiro atoms. The fourth-order valence-electron chi connectivity index (χ4n) is 4.20. The van der Waals surface area contributed by atoms with Crippen LogP contribution in [0.25, 0.3) is 11.0 Å². The molecule has 11 heteroatoms. The van der Waals surface area contributed by atoms with E-state index in [0.717, 1.165) is 25.7 Å². The summed E-state index contributed by atoms with van der Waals surface area (Å²) in [6.07, 6.45) is 0.979. The summed E-state index contributed by atoms with van der Waals surface area (Å²) in [5.41, 5.74) is 2.82. The number of ether oxygens (including phenoxy) is 1. The van der Waals surface area contributed by atoms with E-state index in [4.69, 9.17) is 9.72 Å². The highest BCUT2D eigenvalue weighted by molar-refractivity contribution is 7.99. The molecule has 3 N–H and O–H groups in total. The summed E-state index contributed by atoms with van der Waals surface area (Å²) < 4.78 is 5.35. The van der Waals surface area contributed by atoms with E-state index >= 15 is 0 Å². The van der Waals surface area contributed by atoms with Gasteiger partial charge >= 0.3 is 6.09 Å². The Balaban J connectivity index is 1.41. The van der Waals surface area contributed by atoms with Crippen LogP contribution < -0.4 is 16.0 Å². The number of aromatic nitrogens is 3. The van der Waals surface area contributed by atoms with Crippen LogP contribution in [0, 0.1) is 0 Å².